The van der Waals surface area contributed by atoms with Crippen LogP contribution in [0, 0.1) is 0 Å². The number of amides is 1. The Bertz CT molecular complexity index is 1260. The second-order valence-corrected chi connectivity index (χ2v) is 8.10. The molecule has 0 saturated heterocycles. The molecule has 0 saturated carbocycles. The molecule has 1 heterocycles. The average molecular weight is 453 g/mol. The Balaban J connectivity index is 1.68. The smallest absolute Gasteiger partial charge is 0.279 e. The van der Waals surface area contributed by atoms with Gasteiger partial charge in [0.1, 0.15) is 11.5 Å². The molecule has 0 spiro atoms. The van der Waals surface area contributed by atoms with Crippen molar-refractivity contribution in [2.75, 3.05) is 13.2 Å². The summed E-state index contributed by atoms with van der Waals surface area (Å²) in [6.07, 6.45) is 0. The number of aromatic nitrogens is 1. The van der Waals surface area contributed by atoms with Gasteiger partial charge >= 0.3 is 0 Å². The van der Waals surface area contributed by atoms with Gasteiger partial charge in [0.15, 0.2) is 4.80 Å². The van der Waals surface area contributed by atoms with Crippen molar-refractivity contribution in [3.8, 4) is 11.5 Å². The van der Waals surface area contributed by atoms with Gasteiger partial charge in [-0.2, -0.15) is 4.99 Å². The van der Waals surface area contributed by atoms with Crippen LogP contribution in [-0.2, 0) is 11.3 Å². The summed E-state index contributed by atoms with van der Waals surface area (Å²) in [5.41, 5.74) is 1.31. The average Bonchev–Trinajstić information content (AvgIpc) is 3.13. The summed E-state index contributed by atoms with van der Waals surface area (Å²) in [4.78, 5) is 18.0. The zero-order valence-corrected chi connectivity index (χ0v) is 18.5. The SMILES string of the molecule is CCOCCn1c(=NC(=O)c2cccc(Oc3ccccc3)c2)sc2cccc(Cl)c21. The molecule has 0 unspecified atom stereocenters. The van der Waals surface area contributed by atoms with E-state index in [9.17, 15) is 4.79 Å². The summed E-state index contributed by atoms with van der Waals surface area (Å²) >= 11 is 7.87. The Morgan fingerprint density at radius 2 is 1.81 bits per heavy atom. The van der Waals surface area contributed by atoms with Crippen LogP contribution in [0.1, 0.15) is 17.3 Å². The summed E-state index contributed by atoms with van der Waals surface area (Å²) in [7, 11) is 0. The van der Waals surface area contributed by atoms with Gasteiger partial charge in [0.2, 0.25) is 0 Å². The second kappa shape index (κ2) is 9.92. The number of benzene rings is 3. The van der Waals surface area contributed by atoms with Gasteiger partial charge < -0.3 is 14.0 Å². The molecule has 1 aromatic heterocycles. The predicted octanol–water partition coefficient (Wildman–Crippen LogP) is 5.93. The molecule has 3 aromatic carbocycles. The Hall–Kier alpha value is -2.93. The first-order valence-corrected chi connectivity index (χ1v) is 11.1. The Morgan fingerprint density at radius 3 is 2.61 bits per heavy atom. The van der Waals surface area contributed by atoms with Crippen molar-refractivity contribution in [3.05, 3.63) is 88.2 Å². The number of nitrogens with zero attached hydrogens (tertiary/aromatic N) is 2. The molecule has 0 fully saturated rings. The topological polar surface area (TPSA) is 52.8 Å². The predicted molar refractivity (Wildman–Crippen MR) is 124 cm³/mol. The van der Waals surface area contributed by atoms with Crippen LogP contribution in [0.5, 0.6) is 11.5 Å². The summed E-state index contributed by atoms with van der Waals surface area (Å²) in [6, 6.07) is 22.2. The van der Waals surface area contributed by atoms with Crippen molar-refractivity contribution >= 4 is 39.1 Å². The van der Waals surface area contributed by atoms with Crippen LogP contribution in [0.4, 0.5) is 0 Å². The minimum Gasteiger partial charge on any atom is -0.457 e. The molecule has 0 aliphatic heterocycles. The van der Waals surface area contributed by atoms with E-state index in [0.717, 1.165) is 10.2 Å². The van der Waals surface area contributed by atoms with E-state index in [1.54, 1.807) is 18.2 Å². The Morgan fingerprint density at radius 1 is 1.03 bits per heavy atom. The molecule has 0 aliphatic carbocycles. The van der Waals surface area contributed by atoms with Gasteiger partial charge in [0.25, 0.3) is 5.91 Å². The first-order valence-electron chi connectivity index (χ1n) is 9.93. The number of hydrogen-bond acceptors (Lipinski definition) is 4. The molecular formula is C24H21ClN2O3S. The standard InChI is InChI=1S/C24H21ClN2O3S/c1-2-29-15-14-27-22-20(25)12-7-13-21(22)31-24(27)26-23(28)17-8-6-11-19(16-17)30-18-9-4-3-5-10-18/h3-13,16H,2,14-15H2,1H3. The summed E-state index contributed by atoms with van der Waals surface area (Å²) in [5.74, 6) is 0.944. The second-order valence-electron chi connectivity index (χ2n) is 6.68. The van der Waals surface area contributed by atoms with E-state index in [1.807, 2.05) is 66.1 Å². The van der Waals surface area contributed by atoms with Gasteiger partial charge in [-0.05, 0) is 49.4 Å². The highest BCUT2D eigenvalue weighted by Gasteiger charge is 2.12. The van der Waals surface area contributed by atoms with Crippen LogP contribution in [0.3, 0.4) is 0 Å². The molecule has 1 amide bonds. The molecule has 0 N–H and O–H groups in total. The highest BCUT2D eigenvalue weighted by molar-refractivity contribution is 7.16. The minimum absolute atomic E-state index is 0.341. The van der Waals surface area contributed by atoms with E-state index in [-0.39, 0.29) is 5.91 Å². The number of ether oxygens (including phenoxy) is 2. The fourth-order valence-electron chi connectivity index (χ4n) is 3.15. The van der Waals surface area contributed by atoms with E-state index in [1.165, 1.54) is 11.3 Å². The molecule has 7 heteroatoms. The minimum atomic E-state index is -0.341. The lowest BCUT2D eigenvalue weighted by atomic mass is 10.2. The highest BCUT2D eigenvalue weighted by Crippen LogP contribution is 2.26. The number of carbonyl (C=O) groups excluding carboxylic acids is 1. The summed E-state index contributed by atoms with van der Waals surface area (Å²) in [6.45, 7) is 3.63. The number of carbonyl (C=O) groups is 1. The number of thiazole rings is 1. The van der Waals surface area contributed by atoms with Gasteiger partial charge in [-0.15, -0.1) is 0 Å². The molecule has 4 rings (SSSR count). The van der Waals surface area contributed by atoms with Gasteiger partial charge in [-0.3, -0.25) is 4.79 Å². The number of halogens is 1. The first-order chi connectivity index (χ1) is 15.2. The first kappa shape index (κ1) is 21.3. The van der Waals surface area contributed by atoms with Gasteiger partial charge in [0, 0.05) is 18.7 Å². The summed E-state index contributed by atoms with van der Waals surface area (Å²) < 4.78 is 14.3. The molecular weight excluding hydrogens is 432 g/mol. The van der Waals surface area contributed by atoms with Crippen molar-refractivity contribution in [3.63, 3.8) is 0 Å². The largest absolute Gasteiger partial charge is 0.457 e. The van der Waals surface area contributed by atoms with Crippen molar-refractivity contribution in [1.82, 2.24) is 4.57 Å². The number of fused-ring (bicyclic) bond motifs is 1. The fourth-order valence-corrected chi connectivity index (χ4v) is 4.56. The third-order valence-electron chi connectivity index (χ3n) is 4.57. The molecule has 0 bridgehead atoms. The number of hydrogen-bond donors (Lipinski definition) is 0. The zero-order valence-electron chi connectivity index (χ0n) is 17.0. The van der Waals surface area contributed by atoms with E-state index in [4.69, 9.17) is 21.1 Å². The van der Waals surface area contributed by atoms with E-state index >= 15 is 0 Å². The molecule has 31 heavy (non-hydrogen) atoms. The van der Waals surface area contributed by atoms with Crippen molar-refractivity contribution < 1.29 is 14.3 Å². The molecule has 0 radical (unpaired) electrons. The monoisotopic (exact) mass is 452 g/mol. The molecule has 158 valence electrons. The van der Waals surface area contributed by atoms with Crippen molar-refractivity contribution in [2.24, 2.45) is 4.99 Å². The van der Waals surface area contributed by atoms with E-state index in [0.29, 0.717) is 46.6 Å². The van der Waals surface area contributed by atoms with Crippen LogP contribution in [-0.4, -0.2) is 23.7 Å². The normalized spacial score (nSPS) is 11.7. The maximum Gasteiger partial charge on any atom is 0.279 e. The molecule has 4 aromatic rings. The van der Waals surface area contributed by atoms with Gasteiger partial charge in [-0.25, -0.2) is 0 Å². The molecule has 5 nitrogen and oxygen atoms in total. The van der Waals surface area contributed by atoms with Crippen LogP contribution in [0.15, 0.2) is 77.8 Å². The molecule has 0 aliphatic rings. The van der Waals surface area contributed by atoms with E-state index in [2.05, 4.69) is 4.99 Å². The quantitative estimate of drug-likeness (QED) is 0.327. The third kappa shape index (κ3) is 5.05. The van der Waals surface area contributed by atoms with Crippen LogP contribution in [0.2, 0.25) is 5.02 Å². The van der Waals surface area contributed by atoms with Crippen LogP contribution < -0.4 is 9.54 Å². The van der Waals surface area contributed by atoms with Crippen molar-refractivity contribution in [1.29, 1.82) is 0 Å². The zero-order chi connectivity index (χ0) is 21.6. The lowest BCUT2D eigenvalue weighted by Gasteiger charge is -2.07. The van der Waals surface area contributed by atoms with Gasteiger partial charge in [-0.1, -0.05) is 53.3 Å². The van der Waals surface area contributed by atoms with Crippen LogP contribution >= 0.6 is 22.9 Å². The van der Waals surface area contributed by atoms with Crippen LogP contribution in [0.25, 0.3) is 10.2 Å². The highest BCUT2D eigenvalue weighted by atomic mass is 35.5. The Kier molecular flexibility index (Phi) is 6.82. The number of rotatable bonds is 7. The maximum atomic E-state index is 13.0. The Labute approximate surface area is 189 Å². The van der Waals surface area contributed by atoms with Gasteiger partial charge in [0.05, 0.1) is 21.8 Å². The lowest BCUT2D eigenvalue weighted by molar-refractivity contribution is 0.0996. The molecule has 0 atom stereocenters. The third-order valence-corrected chi connectivity index (χ3v) is 5.92. The maximum absolute atomic E-state index is 13.0. The van der Waals surface area contributed by atoms with Crippen molar-refractivity contribution in [2.45, 2.75) is 13.5 Å². The lowest BCUT2D eigenvalue weighted by Crippen LogP contribution is -2.20. The van der Waals surface area contributed by atoms with E-state index < -0.39 is 0 Å². The summed E-state index contributed by atoms with van der Waals surface area (Å²) in [5, 5.41) is 0.623. The fraction of sp³-hybridized carbons (Fsp3) is 0.167. The number of para-hydroxylation sites is 2.